The first kappa shape index (κ1) is 10.8. The van der Waals surface area contributed by atoms with Crippen molar-refractivity contribution in [3.05, 3.63) is 17.9 Å². The number of hydrogen-bond donors (Lipinski definition) is 1. The van der Waals surface area contributed by atoms with E-state index in [1.54, 1.807) is 19.1 Å². The highest BCUT2D eigenvalue weighted by atomic mass is 16.4. The minimum Gasteiger partial charge on any atom is -0.438 e. The first-order valence-corrected chi connectivity index (χ1v) is 4.57. The van der Waals surface area contributed by atoms with Gasteiger partial charge in [-0.1, -0.05) is 0 Å². The van der Waals surface area contributed by atoms with Gasteiger partial charge in [-0.05, 0) is 19.4 Å². The normalized spacial score (nSPS) is 12.5. The van der Waals surface area contributed by atoms with Crippen LogP contribution in [-0.4, -0.2) is 31.1 Å². The lowest BCUT2D eigenvalue weighted by molar-refractivity contribution is 0.110. The molecule has 14 heavy (non-hydrogen) atoms. The fraction of sp³-hybridized carbons (Fsp3) is 0.500. The third kappa shape index (κ3) is 2.88. The molecule has 1 aromatic rings. The van der Waals surface area contributed by atoms with Crippen molar-refractivity contribution in [2.24, 2.45) is 0 Å². The predicted molar refractivity (Wildman–Crippen MR) is 53.7 cm³/mol. The van der Waals surface area contributed by atoms with Crippen LogP contribution in [0, 0.1) is 0 Å². The zero-order valence-electron chi connectivity index (χ0n) is 8.43. The number of anilines is 1. The minimum atomic E-state index is -0.321. The standard InChI is InChI=1S/C10H15NO3/c1-8(13)5-6-11(2)10-4-3-9(7-12)14-10/h3-4,7-8,13H,5-6H2,1-2H3. The van der Waals surface area contributed by atoms with Crippen LogP contribution in [-0.2, 0) is 0 Å². The van der Waals surface area contributed by atoms with Gasteiger partial charge in [-0.2, -0.15) is 0 Å². The van der Waals surface area contributed by atoms with E-state index in [-0.39, 0.29) is 6.10 Å². The van der Waals surface area contributed by atoms with Gasteiger partial charge in [0.15, 0.2) is 17.9 Å². The Bertz CT molecular complexity index is 293. The van der Waals surface area contributed by atoms with Crippen molar-refractivity contribution >= 4 is 12.2 Å². The van der Waals surface area contributed by atoms with Crippen molar-refractivity contribution in [2.45, 2.75) is 19.4 Å². The molecular weight excluding hydrogens is 182 g/mol. The van der Waals surface area contributed by atoms with Crippen LogP contribution in [0.1, 0.15) is 23.9 Å². The summed E-state index contributed by atoms with van der Waals surface area (Å²) < 4.78 is 5.20. The lowest BCUT2D eigenvalue weighted by atomic mass is 10.3. The van der Waals surface area contributed by atoms with Crippen LogP contribution in [0.15, 0.2) is 16.5 Å². The second-order valence-electron chi connectivity index (χ2n) is 3.35. The summed E-state index contributed by atoms with van der Waals surface area (Å²) in [6.07, 6.45) is 1.03. The molecular formula is C10H15NO3. The van der Waals surface area contributed by atoms with Crippen LogP contribution in [0.3, 0.4) is 0 Å². The Hall–Kier alpha value is -1.29. The van der Waals surface area contributed by atoms with E-state index >= 15 is 0 Å². The van der Waals surface area contributed by atoms with Crippen molar-refractivity contribution in [3.63, 3.8) is 0 Å². The first-order chi connectivity index (χ1) is 6.63. The number of aliphatic hydroxyl groups is 1. The molecule has 0 amide bonds. The highest BCUT2D eigenvalue weighted by molar-refractivity contribution is 5.71. The highest BCUT2D eigenvalue weighted by Crippen LogP contribution is 2.16. The summed E-state index contributed by atoms with van der Waals surface area (Å²) in [5.41, 5.74) is 0. The molecule has 0 aliphatic carbocycles. The number of nitrogens with zero attached hydrogens (tertiary/aromatic N) is 1. The maximum Gasteiger partial charge on any atom is 0.196 e. The number of aldehydes is 1. The average molecular weight is 197 g/mol. The fourth-order valence-corrected chi connectivity index (χ4v) is 1.10. The van der Waals surface area contributed by atoms with Gasteiger partial charge >= 0.3 is 0 Å². The third-order valence-electron chi connectivity index (χ3n) is 1.99. The molecule has 1 N–H and O–H groups in total. The number of hydrogen-bond acceptors (Lipinski definition) is 4. The molecule has 0 aromatic carbocycles. The molecule has 0 bridgehead atoms. The monoisotopic (exact) mass is 197 g/mol. The van der Waals surface area contributed by atoms with Crippen molar-refractivity contribution in [1.29, 1.82) is 0 Å². The third-order valence-corrected chi connectivity index (χ3v) is 1.99. The number of furan rings is 1. The Morgan fingerprint density at radius 2 is 2.36 bits per heavy atom. The van der Waals surface area contributed by atoms with Gasteiger partial charge in [0.25, 0.3) is 0 Å². The molecule has 1 aromatic heterocycles. The second-order valence-corrected chi connectivity index (χ2v) is 3.35. The Labute approximate surface area is 83.1 Å². The SMILES string of the molecule is CC(O)CCN(C)c1ccc(C=O)o1. The first-order valence-electron chi connectivity index (χ1n) is 4.57. The Balaban J connectivity index is 2.51. The summed E-state index contributed by atoms with van der Waals surface area (Å²) in [5, 5.41) is 9.09. The molecule has 0 saturated carbocycles. The van der Waals surface area contributed by atoms with Crippen LogP contribution in [0.25, 0.3) is 0 Å². The maximum absolute atomic E-state index is 10.4. The van der Waals surface area contributed by atoms with E-state index in [2.05, 4.69) is 0 Å². The molecule has 1 heterocycles. The lowest BCUT2D eigenvalue weighted by Gasteiger charge is -2.16. The van der Waals surface area contributed by atoms with E-state index in [4.69, 9.17) is 9.52 Å². The molecule has 0 radical (unpaired) electrons. The van der Waals surface area contributed by atoms with Crippen LogP contribution in [0.5, 0.6) is 0 Å². The van der Waals surface area contributed by atoms with Gasteiger partial charge < -0.3 is 14.4 Å². The molecule has 4 heteroatoms. The summed E-state index contributed by atoms with van der Waals surface area (Å²) in [4.78, 5) is 12.2. The summed E-state index contributed by atoms with van der Waals surface area (Å²) in [6.45, 7) is 2.44. The van der Waals surface area contributed by atoms with Crippen molar-refractivity contribution in [3.8, 4) is 0 Å². The molecule has 0 fully saturated rings. The average Bonchev–Trinajstić information content (AvgIpc) is 2.62. The lowest BCUT2D eigenvalue weighted by Crippen LogP contribution is -2.21. The number of carbonyl (C=O) groups excluding carboxylic acids is 1. The molecule has 0 aliphatic rings. The smallest absolute Gasteiger partial charge is 0.196 e. The zero-order valence-corrected chi connectivity index (χ0v) is 8.43. The number of rotatable bonds is 5. The fourth-order valence-electron chi connectivity index (χ4n) is 1.10. The molecule has 1 atom stereocenters. The summed E-state index contributed by atoms with van der Waals surface area (Å²) >= 11 is 0. The van der Waals surface area contributed by atoms with Gasteiger partial charge in [0.05, 0.1) is 6.10 Å². The summed E-state index contributed by atoms with van der Waals surface area (Å²) in [5.74, 6) is 0.969. The maximum atomic E-state index is 10.4. The van der Waals surface area contributed by atoms with Gasteiger partial charge in [-0.15, -0.1) is 0 Å². The van der Waals surface area contributed by atoms with Crippen LogP contribution in [0.4, 0.5) is 5.88 Å². The Morgan fingerprint density at radius 1 is 1.64 bits per heavy atom. The molecule has 0 saturated heterocycles. The number of carbonyl (C=O) groups is 1. The summed E-state index contributed by atoms with van der Waals surface area (Å²) in [6, 6.07) is 3.37. The molecule has 0 spiro atoms. The molecule has 1 unspecified atom stereocenters. The Kier molecular flexibility index (Phi) is 3.71. The minimum absolute atomic E-state index is 0.321. The van der Waals surface area contributed by atoms with Crippen molar-refractivity contribution < 1.29 is 14.3 Å². The quantitative estimate of drug-likeness (QED) is 0.723. The van der Waals surface area contributed by atoms with Crippen LogP contribution >= 0.6 is 0 Å². The van der Waals surface area contributed by atoms with Gasteiger partial charge in [0, 0.05) is 19.7 Å². The molecule has 78 valence electrons. The van der Waals surface area contributed by atoms with Crippen LogP contribution in [0.2, 0.25) is 0 Å². The van der Waals surface area contributed by atoms with E-state index in [1.165, 1.54) is 0 Å². The van der Waals surface area contributed by atoms with E-state index in [0.717, 1.165) is 0 Å². The van der Waals surface area contributed by atoms with E-state index in [1.807, 2.05) is 11.9 Å². The topological polar surface area (TPSA) is 53.7 Å². The van der Waals surface area contributed by atoms with E-state index in [9.17, 15) is 4.79 Å². The molecule has 4 nitrogen and oxygen atoms in total. The molecule has 1 rings (SSSR count). The largest absolute Gasteiger partial charge is 0.438 e. The highest BCUT2D eigenvalue weighted by Gasteiger charge is 2.07. The van der Waals surface area contributed by atoms with E-state index in [0.29, 0.717) is 30.9 Å². The van der Waals surface area contributed by atoms with Gasteiger partial charge in [-0.25, -0.2) is 0 Å². The molecule has 0 aliphatic heterocycles. The predicted octanol–water partition coefficient (Wildman–Crippen LogP) is 1.30. The van der Waals surface area contributed by atoms with Gasteiger partial charge in [0.1, 0.15) is 0 Å². The Morgan fingerprint density at radius 3 is 2.86 bits per heavy atom. The zero-order chi connectivity index (χ0) is 10.6. The van der Waals surface area contributed by atoms with Crippen LogP contribution < -0.4 is 4.90 Å². The second kappa shape index (κ2) is 4.81. The van der Waals surface area contributed by atoms with Gasteiger partial charge in [0.2, 0.25) is 0 Å². The van der Waals surface area contributed by atoms with Crippen molar-refractivity contribution in [1.82, 2.24) is 0 Å². The van der Waals surface area contributed by atoms with Crippen molar-refractivity contribution in [2.75, 3.05) is 18.5 Å². The van der Waals surface area contributed by atoms with E-state index < -0.39 is 0 Å². The number of aliphatic hydroxyl groups excluding tert-OH is 1. The van der Waals surface area contributed by atoms with Gasteiger partial charge in [-0.3, -0.25) is 4.79 Å². The summed E-state index contributed by atoms with van der Waals surface area (Å²) in [7, 11) is 1.86.